The van der Waals surface area contributed by atoms with E-state index in [9.17, 15) is 9.50 Å². The highest BCUT2D eigenvalue weighted by Gasteiger charge is 2.22. The zero-order valence-corrected chi connectivity index (χ0v) is 12.5. The Hall–Kier alpha value is -1.09. The summed E-state index contributed by atoms with van der Waals surface area (Å²) in [5.41, 5.74) is 0.804. The van der Waals surface area contributed by atoms with Crippen LogP contribution >= 0.6 is 0 Å². The normalized spacial score (nSPS) is 14.6. The molecule has 0 aliphatic carbocycles. The van der Waals surface area contributed by atoms with Crippen LogP contribution in [0.1, 0.15) is 58.6 Å². The van der Waals surface area contributed by atoms with Gasteiger partial charge in [-0.25, -0.2) is 4.39 Å². The van der Waals surface area contributed by atoms with Gasteiger partial charge in [-0.15, -0.1) is 0 Å². The lowest BCUT2D eigenvalue weighted by molar-refractivity contribution is 0.145. The average Bonchev–Trinajstić information content (AvgIpc) is 2.38. The highest BCUT2D eigenvalue weighted by atomic mass is 19.1. The summed E-state index contributed by atoms with van der Waals surface area (Å²) in [6.45, 7) is 9.63. The van der Waals surface area contributed by atoms with E-state index in [0.717, 1.165) is 31.4 Å². The zero-order valence-electron chi connectivity index (χ0n) is 12.5. The van der Waals surface area contributed by atoms with Gasteiger partial charge < -0.3 is 5.11 Å². The van der Waals surface area contributed by atoms with Crippen molar-refractivity contribution < 1.29 is 9.50 Å². The first-order valence-corrected chi connectivity index (χ1v) is 7.25. The first-order valence-electron chi connectivity index (χ1n) is 7.25. The first kappa shape index (κ1) is 16.0. The molecule has 0 fully saturated rings. The van der Waals surface area contributed by atoms with Gasteiger partial charge in [0.15, 0.2) is 0 Å². The van der Waals surface area contributed by atoms with Crippen molar-refractivity contribution in [1.29, 1.82) is 0 Å². The fourth-order valence-electron chi connectivity index (χ4n) is 2.42. The highest BCUT2D eigenvalue weighted by molar-refractivity contribution is 5.35. The Labute approximate surface area is 116 Å². The van der Waals surface area contributed by atoms with Gasteiger partial charge in [-0.1, -0.05) is 26.3 Å². The third-order valence-corrected chi connectivity index (χ3v) is 3.87. The van der Waals surface area contributed by atoms with Gasteiger partial charge in [0.2, 0.25) is 0 Å². The van der Waals surface area contributed by atoms with Crippen molar-refractivity contribution in [3.05, 3.63) is 29.6 Å². The molecule has 0 aliphatic rings. The van der Waals surface area contributed by atoms with E-state index in [4.69, 9.17) is 0 Å². The predicted octanol–water partition coefficient (Wildman–Crippen LogP) is 4.49. The standard InChI is InChI=1S/C16H26FNO/c1-5-7-10-18(12(3)6-2)13(4)15-9-8-14(17)11-16(15)19/h8-9,11-13,19H,5-7,10H2,1-4H3. The maximum Gasteiger partial charge on any atom is 0.126 e. The number of halogens is 1. The molecular formula is C16H26FNO. The first-order chi connectivity index (χ1) is 9.01. The van der Waals surface area contributed by atoms with E-state index < -0.39 is 5.82 Å². The number of phenols is 1. The van der Waals surface area contributed by atoms with Gasteiger partial charge in [-0.05, 0) is 39.3 Å². The minimum Gasteiger partial charge on any atom is -0.508 e. The summed E-state index contributed by atoms with van der Waals surface area (Å²) in [6, 6.07) is 4.85. The van der Waals surface area contributed by atoms with Crippen LogP contribution in [0.4, 0.5) is 4.39 Å². The Bertz CT molecular complexity index is 394. The van der Waals surface area contributed by atoms with Crippen molar-refractivity contribution in [1.82, 2.24) is 4.90 Å². The lowest BCUT2D eigenvalue weighted by atomic mass is 10.0. The maximum absolute atomic E-state index is 13.1. The zero-order chi connectivity index (χ0) is 14.4. The second-order valence-electron chi connectivity index (χ2n) is 5.23. The van der Waals surface area contributed by atoms with Gasteiger partial charge in [0.1, 0.15) is 11.6 Å². The van der Waals surface area contributed by atoms with E-state index >= 15 is 0 Å². The van der Waals surface area contributed by atoms with E-state index in [-0.39, 0.29) is 11.8 Å². The minimum atomic E-state index is -0.392. The molecule has 3 heteroatoms. The van der Waals surface area contributed by atoms with Crippen molar-refractivity contribution >= 4 is 0 Å². The molecule has 0 saturated heterocycles. The molecule has 0 amide bonds. The fraction of sp³-hybridized carbons (Fsp3) is 0.625. The Balaban J connectivity index is 2.93. The summed E-state index contributed by atoms with van der Waals surface area (Å²) < 4.78 is 13.1. The van der Waals surface area contributed by atoms with E-state index in [1.807, 2.05) is 0 Å². The van der Waals surface area contributed by atoms with Crippen LogP contribution in [-0.2, 0) is 0 Å². The molecule has 0 spiro atoms. The molecule has 0 bridgehead atoms. The monoisotopic (exact) mass is 267 g/mol. The van der Waals surface area contributed by atoms with Gasteiger partial charge >= 0.3 is 0 Å². The van der Waals surface area contributed by atoms with Crippen LogP contribution in [0.15, 0.2) is 18.2 Å². The maximum atomic E-state index is 13.1. The Morgan fingerprint density at radius 1 is 1.26 bits per heavy atom. The van der Waals surface area contributed by atoms with Crippen LogP contribution in [0, 0.1) is 5.82 Å². The number of hydrogen-bond donors (Lipinski definition) is 1. The van der Waals surface area contributed by atoms with E-state index in [0.29, 0.717) is 6.04 Å². The molecule has 2 unspecified atom stereocenters. The second-order valence-corrected chi connectivity index (χ2v) is 5.23. The quantitative estimate of drug-likeness (QED) is 0.786. The number of rotatable bonds is 7. The molecule has 108 valence electrons. The molecule has 1 aromatic rings. The summed E-state index contributed by atoms with van der Waals surface area (Å²) in [5, 5.41) is 9.92. The molecule has 0 aliphatic heterocycles. The lowest BCUT2D eigenvalue weighted by Gasteiger charge is -2.34. The molecule has 1 rings (SSSR count). The lowest BCUT2D eigenvalue weighted by Crippen LogP contribution is -2.35. The van der Waals surface area contributed by atoms with E-state index in [1.54, 1.807) is 6.07 Å². The number of nitrogens with zero attached hydrogens (tertiary/aromatic N) is 1. The Morgan fingerprint density at radius 3 is 2.47 bits per heavy atom. The highest BCUT2D eigenvalue weighted by Crippen LogP contribution is 2.31. The molecule has 0 heterocycles. The van der Waals surface area contributed by atoms with Gasteiger partial charge in [0.05, 0.1) is 0 Å². The number of unbranched alkanes of at least 4 members (excludes halogenated alkanes) is 1. The van der Waals surface area contributed by atoms with Crippen LogP contribution < -0.4 is 0 Å². The molecule has 0 saturated carbocycles. The molecule has 19 heavy (non-hydrogen) atoms. The summed E-state index contributed by atoms with van der Waals surface area (Å²) in [4.78, 5) is 2.39. The van der Waals surface area contributed by atoms with Crippen molar-refractivity contribution in [3.8, 4) is 5.75 Å². The topological polar surface area (TPSA) is 23.5 Å². The summed E-state index contributed by atoms with van der Waals surface area (Å²) in [5.74, 6) is -0.339. The van der Waals surface area contributed by atoms with Crippen LogP contribution in [0.3, 0.4) is 0 Å². The predicted molar refractivity (Wildman–Crippen MR) is 77.8 cm³/mol. The summed E-state index contributed by atoms with van der Waals surface area (Å²) >= 11 is 0. The molecule has 2 nitrogen and oxygen atoms in total. The average molecular weight is 267 g/mol. The van der Waals surface area contributed by atoms with Crippen molar-refractivity contribution in [2.75, 3.05) is 6.54 Å². The number of benzene rings is 1. The number of hydrogen-bond acceptors (Lipinski definition) is 2. The Morgan fingerprint density at radius 2 is 1.95 bits per heavy atom. The third-order valence-electron chi connectivity index (χ3n) is 3.87. The number of aromatic hydroxyl groups is 1. The van der Waals surface area contributed by atoms with Crippen LogP contribution in [0.5, 0.6) is 5.75 Å². The second kappa shape index (κ2) is 7.49. The molecule has 1 N–H and O–H groups in total. The van der Waals surface area contributed by atoms with Crippen molar-refractivity contribution in [2.24, 2.45) is 0 Å². The molecular weight excluding hydrogens is 241 g/mol. The number of phenolic OH excluding ortho intramolecular Hbond substituents is 1. The Kier molecular flexibility index (Phi) is 6.29. The van der Waals surface area contributed by atoms with Crippen molar-refractivity contribution in [3.63, 3.8) is 0 Å². The van der Waals surface area contributed by atoms with E-state index in [2.05, 4.69) is 32.6 Å². The molecule has 2 atom stereocenters. The smallest absolute Gasteiger partial charge is 0.126 e. The molecule has 1 aromatic carbocycles. The SMILES string of the molecule is CCCCN(C(C)CC)C(C)c1ccc(F)cc1O. The van der Waals surface area contributed by atoms with Crippen LogP contribution in [0.2, 0.25) is 0 Å². The summed E-state index contributed by atoms with van der Waals surface area (Å²) in [7, 11) is 0. The molecule has 0 aromatic heterocycles. The fourth-order valence-corrected chi connectivity index (χ4v) is 2.42. The molecule has 0 radical (unpaired) electrons. The largest absolute Gasteiger partial charge is 0.508 e. The van der Waals surface area contributed by atoms with Crippen LogP contribution in [0.25, 0.3) is 0 Å². The third kappa shape index (κ3) is 4.20. The van der Waals surface area contributed by atoms with Gasteiger partial charge in [0.25, 0.3) is 0 Å². The minimum absolute atomic E-state index is 0.0531. The van der Waals surface area contributed by atoms with Crippen LogP contribution in [-0.4, -0.2) is 22.6 Å². The van der Waals surface area contributed by atoms with Gasteiger partial charge in [-0.3, -0.25) is 4.90 Å². The van der Waals surface area contributed by atoms with Gasteiger partial charge in [-0.2, -0.15) is 0 Å². The summed E-state index contributed by atoms with van der Waals surface area (Å²) in [6.07, 6.45) is 3.35. The van der Waals surface area contributed by atoms with E-state index in [1.165, 1.54) is 12.1 Å². The van der Waals surface area contributed by atoms with Gasteiger partial charge in [0, 0.05) is 23.7 Å². The van der Waals surface area contributed by atoms with Crippen molar-refractivity contribution in [2.45, 2.75) is 59.0 Å².